The number of fused-ring (bicyclic) bond motifs is 1. The van der Waals surface area contributed by atoms with Crippen LogP contribution in [0, 0.1) is 0 Å². The number of carbonyl (C=O) groups excluding carboxylic acids is 1. The molecule has 0 radical (unpaired) electrons. The zero-order valence-electron chi connectivity index (χ0n) is 14.5. The van der Waals surface area contributed by atoms with E-state index < -0.39 is 0 Å². The van der Waals surface area contributed by atoms with E-state index in [1.807, 2.05) is 12.1 Å². The Bertz CT molecular complexity index is 863. The van der Waals surface area contributed by atoms with Crippen LogP contribution in [0.5, 0.6) is 0 Å². The van der Waals surface area contributed by atoms with Crippen LogP contribution in [0.1, 0.15) is 24.3 Å². The quantitative estimate of drug-likeness (QED) is 0.616. The topological polar surface area (TPSA) is 86.2 Å². The van der Waals surface area contributed by atoms with E-state index >= 15 is 0 Å². The van der Waals surface area contributed by atoms with Crippen LogP contribution in [0.3, 0.4) is 0 Å². The molecule has 132 valence electrons. The molecule has 0 unspecified atom stereocenters. The molecule has 1 amide bonds. The van der Waals surface area contributed by atoms with Gasteiger partial charge in [0.15, 0.2) is 0 Å². The first-order valence-electron chi connectivity index (χ1n) is 8.47. The first kappa shape index (κ1) is 17.0. The van der Waals surface area contributed by atoms with E-state index in [1.165, 1.54) is 0 Å². The van der Waals surface area contributed by atoms with Crippen molar-refractivity contribution in [3.05, 3.63) is 42.4 Å². The van der Waals surface area contributed by atoms with Crippen LogP contribution < -0.4 is 10.2 Å². The van der Waals surface area contributed by atoms with Crippen LogP contribution in [-0.4, -0.2) is 45.5 Å². The Labute approximate surface area is 146 Å². The smallest absolute Gasteiger partial charge is 0.272 e. The monoisotopic (exact) mass is 341 g/mol. The lowest BCUT2D eigenvalue weighted by Gasteiger charge is -2.20. The number of hydrogen-bond donors (Lipinski definition) is 3. The van der Waals surface area contributed by atoms with Gasteiger partial charge in [-0.2, -0.15) is 5.10 Å². The van der Waals surface area contributed by atoms with Gasteiger partial charge in [-0.3, -0.25) is 9.48 Å². The number of aliphatic hydroxyl groups excluding tert-OH is 1. The Balaban J connectivity index is 1.79. The lowest BCUT2D eigenvalue weighted by Crippen LogP contribution is -2.21. The number of aromatic amines is 1. The Morgan fingerprint density at radius 3 is 2.84 bits per heavy atom. The van der Waals surface area contributed by atoms with E-state index in [9.17, 15) is 4.79 Å². The Morgan fingerprint density at radius 2 is 2.12 bits per heavy atom. The minimum Gasteiger partial charge on any atom is -0.394 e. The largest absolute Gasteiger partial charge is 0.394 e. The minimum atomic E-state index is -0.218. The molecular formula is C18H23N5O2. The fourth-order valence-corrected chi connectivity index (χ4v) is 2.87. The summed E-state index contributed by atoms with van der Waals surface area (Å²) in [6.45, 7) is 6.53. The maximum Gasteiger partial charge on any atom is 0.272 e. The highest BCUT2D eigenvalue weighted by Gasteiger charge is 2.12. The van der Waals surface area contributed by atoms with Crippen LogP contribution in [0.15, 0.2) is 36.7 Å². The number of aliphatic hydroxyl groups is 1. The van der Waals surface area contributed by atoms with Gasteiger partial charge < -0.3 is 20.3 Å². The molecule has 0 saturated heterocycles. The van der Waals surface area contributed by atoms with Gasteiger partial charge in [0.25, 0.3) is 5.91 Å². The molecule has 7 nitrogen and oxygen atoms in total. The third-order valence-corrected chi connectivity index (χ3v) is 4.20. The molecule has 7 heteroatoms. The number of hydrogen-bond acceptors (Lipinski definition) is 4. The minimum absolute atomic E-state index is 0.00591. The molecule has 0 aliphatic rings. The molecule has 3 N–H and O–H groups in total. The SMILES string of the molecule is CCN(CC)c1ccc2cc(C(=O)Nc3cnn(CCO)c3)[nH]c2c1. The average Bonchev–Trinajstić information content (AvgIpc) is 3.22. The van der Waals surface area contributed by atoms with Crippen molar-refractivity contribution in [3.8, 4) is 0 Å². The average molecular weight is 341 g/mol. The van der Waals surface area contributed by atoms with E-state index in [2.05, 4.69) is 46.3 Å². The van der Waals surface area contributed by atoms with Gasteiger partial charge in [0, 0.05) is 35.9 Å². The van der Waals surface area contributed by atoms with Crippen molar-refractivity contribution < 1.29 is 9.90 Å². The van der Waals surface area contributed by atoms with Crippen molar-refractivity contribution in [1.82, 2.24) is 14.8 Å². The molecule has 25 heavy (non-hydrogen) atoms. The zero-order valence-corrected chi connectivity index (χ0v) is 14.5. The number of amides is 1. The van der Waals surface area contributed by atoms with Crippen LogP contribution in [0.2, 0.25) is 0 Å². The number of nitrogens with one attached hydrogen (secondary N) is 2. The Kier molecular flexibility index (Phi) is 5.04. The van der Waals surface area contributed by atoms with E-state index in [0.29, 0.717) is 17.9 Å². The molecule has 0 fully saturated rings. The van der Waals surface area contributed by atoms with Crippen LogP contribution >= 0.6 is 0 Å². The molecule has 0 saturated carbocycles. The fraction of sp³-hybridized carbons (Fsp3) is 0.333. The number of aromatic nitrogens is 3. The van der Waals surface area contributed by atoms with E-state index in [0.717, 1.165) is 29.7 Å². The van der Waals surface area contributed by atoms with Crippen molar-refractivity contribution in [2.45, 2.75) is 20.4 Å². The molecule has 0 spiro atoms. The molecule has 2 aromatic heterocycles. The standard InChI is InChI=1S/C18H23N5O2/c1-3-22(4-2)15-6-5-13-9-17(21-16(13)10-15)18(25)20-14-11-19-23(12-14)7-8-24/h5-6,9-12,21,24H,3-4,7-8H2,1-2H3,(H,20,25). The molecular weight excluding hydrogens is 318 g/mol. The maximum atomic E-state index is 12.4. The summed E-state index contributed by atoms with van der Waals surface area (Å²) in [6, 6.07) is 8.01. The van der Waals surface area contributed by atoms with E-state index in [4.69, 9.17) is 5.11 Å². The van der Waals surface area contributed by atoms with Gasteiger partial charge in [-0.25, -0.2) is 0 Å². The summed E-state index contributed by atoms with van der Waals surface area (Å²) in [7, 11) is 0. The molecule has 1 aromatic carbocycles. The van der Waals surface area contributed by atoms with Crippen molar-refractivity contribution in [2.75, 3.05) is 29.9 Å². The van der Waals surface area contributed by atoms with Crippen LogP contribution in [0.25, 0.3) is 10.9 Å². The van der Waals surface area contributed by atoms with Gasteiger partial charge in [0.1, 0.15) is 5.69 Å². The molecule has 0 aliphatic carbocycles. The fourth-order valence-electron chi connectivity index (χ4n) is 2.87. The lowest BCUT2D eigenvalue weighted by molar-refractivity contribution is 0.102. The predicted molar refractivity (Wildman–Crippen MR) is 99.1 cm³/mol. The third-order valence-electron chi connectivity index (χ3n) is 4.20. The zero-order chi connectivity index (χ0) is 17.8. The maximum absolute atomic E-state index is 12.4. The third kappa shape index (κ3) is 3.66. The Morgan fingerprint density at radius 1 is 1.32 bits per heavy atom. The van der Waals surface area contributed by atoms with E-state index in [1.54, 1.807) is 17.1 Å². The molecule has 3 aromatic rings. The second kappa shape index (κ2) is 7.40. The summed E-state index contributed by atoms with van der Waals surface area (Å²) in [5, 5.41) is 16.8. The summed E-state index contributed by atoms with van der Waals surface area (Å²) < 4.78 is 1.58. The van der Waals surface area contributed by atoms with Gasteiger partial charge in [-0.15, -0.1) is 0 Å². The summed E-state index contributed by atoms with van der Waals surface area (Å²) in [5.41, 5.74) is 3.17. The highest BCUT2D eigenvalue weighted by atomic mass is 16.3. The molecule has 0 aliphatic heterocycles. The van der Waals surface area contributed by atoms with Gasteiger partial charge in [-0.05, 0) is 32.0 Å². The number of benzene rings is 1. The lowest BCUT2D eigenvalue weighted by atomic mass is 10.2. The summed E-state index contributed by atoms with van der Waals surface area (Å²) in [5.74, 6) is -0.218. The number of carbonyl (C=O) groups is 1. The van der Waals surface area contributed by atoms with Crippen molar-refractivity contribution >= 4 is 28.2 Å². The summed E-state index contributed by atoms with van der Waals surface area (Å²) in [4.78, 5) is 17.9. The van der Waals surface area contributed by atoms with Crippen LogP contribution in [-0.2, 0) is 6.54 Å². The van der Waals surface area contributed by atoms with Crippen molar-refractivity contribution in [3.63, 3.8) is 0 Å². The normalized spacial score (nSPS) is 11.0. The highest BCUT2D eigenvalue weighted by molar-refractivity contribution is 6.06. The summed E-state index contributed by atoms with van der Waals surface area (Å²) >= 11 is 0. The summed E-state index contributed by atoms with van der Waals surface area (Å²) in [6.07, 6.45) is 3.25. The molecule has 0 bridgehead atoms. The van der Waals surface area contributed by atoms with E-state index in [-0.39, 0.29) is 12.5 Å². The van der Waals surface area contributed by atoms with Gasteiger partial charge in [0.2, 0.25) is 0 Å². The first-order valence-corrected chi connectivity index (χ1v) is 8.47. The highest BCUT2D eigenvalue weighted by Crippen LogP contribution is 2.23. The number of nitrogens with zero attached hydrogens (tertiary/aromatic N) is 3. The molecule has 2 heterocycles. The van der Waals surface area contributed by atoms with Crippen molar-refractivity contribution in [2.24, 2.45) is 0 Å². The Hall–Kier alpha value is -2.80. The number of H-pyrrole nitrogens is 1. The van der Waals surface area contributed by atoms with Crippen LogP contribution in [0.4, 0.5) is 11.4 Å². The predicted octanol–water partition coefficient (Wildman–Crippen LogP) is 2.46. The van der Waals surface area contributed by atoms with Gasteiger partial charge in [0.05, 0.1) is 25.0 Å². The van der Waals surface area contributed by atoms with Gasteiger partial charge >= 0.3 is 0 Å². The first-order chi connectivity index (χ1) is 12.1. The molecule has 0 atom stereocenters. The molecule has 3 rings (SSSR count). The second-order valence-electron chi connectivity index (χ2n) is 5.80. The second-order valence-corrected chi connectivity index (χ2v) is 5.80. The number of rotatable bonds is 7. The number of anilines is 2. The van der Waals surface area contributed by atoms with Gasteiger partial charge in [-0.1, -0.05) is 6.07 Å². The van der Waals surface area contributed by atoms with Crippen molar-refractivity contribution in [1.29, 1.82) is 0 Å².